The van der Waals surface area contributed by atoms with E-state index in [1.807, 2.05) is 38.1 Å². The Hall–Kier alpha value is -4.77. The fraction of sp³-hybridized carbons (Fsp3) is 0.267. The van der Waals surface area contributed by atoms with Gasteiger partial charge in [0.2, 0.25) is 5.88 Å². The summed E-state index contributed by atoms with van der Waals surface area (Å²) in [7, 11) is 0. The Kier molecular flexibility index (Phi) is 5.97. The van der Waals surface area contributed by atoms with Crippen molar-refractivity contribution in [3.63, 3.8) is 0 Å². The van der Waals surface area contributed by atoms with E-state index in [1.165, 1.54) is 6.07 Å². The van der Waals surface area contributed by atoms with Gasteiger partial charge in [-0.1, -0.05) is 32.0 Å². The third kappa shape index (κ3) is 4.29. The molecule has 1 unspecified atom stereocenters. The van der Waals surface area contributed by atoms with Gasteiger partial charge in [0.1, 0.15) is 11.5 Å². The van der Waals surface area contributed by atoms with Gasteiger partial charge in [0.25, 0.3) is 5.91 Å². The molecular formula is C30H26FN7O3. The zero-order valence-corrected chi connectivity index (χ0v) is 22.5. The van der Waals surface area contributed by atoms with Gasteiger partial charge >= 0.3 is 0 Å². The number of aromatic nitrogens is 6. The van der Waals surface area contributed by atoms with Crippen LogP contribution in [-0.4, -0.2) is 67.0 Å². The molecule has 10 nitrogen and oxygen atoms in total. The zero-order chi connectivity index (χ0) is 28.1. The molecule has 11 heteroatoms. The number of morpholine rings is 1. The minimum absolute atomic E-state index is 0.130. The number of amides is 1. The minimum atomic E-state index is -0.643. The molecule has 1 fully saturated rings. The van der Waals surface area contributed by atoms with Crippen LogP contribution in [0, 0.1) is 5.82 Å². The number of nitrogens with zero attached hydrogens (tertiary/aromatic N) is 6. The number of carbonyl (C=O) groups excluding carboxylic acids is 1. The molecule has 2 aliphatic rings. The largest absolute Gasteiger partial charge is 0.435 e. The number of para-hydroxylation sites is 1. The van der Waals surface area contributed by atoms with Crippen LogP contribution in [0.25, 0.3) is 22.6 Å². The summed E-state index contributed by atoms with van der Waals surface area (Å²) >= 11 is 0. The highest BCUT2D eigenvalue weighted by Crippen LogP contribution is 2.52. The van der Waals surface area contributed by atoms with Gasteiger partial charge in [0, 0.05) is 59.7 Å². The number of benzene rings is 1. The van der Waals surface area contributed by atoms with Crippen LogP contribution in [0.1, 0.15) is 47.2 Å². The number of halogens is 1. The van der Waals surface area contributed by atoms with Crippen molar-refractivity contribution >= 4 is 17.2 Å². The van der Waals surface area contributed by atoms with E-state index in [2.05, 4.69) is 19.9 Å². The molecule has 0 spiro atoms. The summed E-state index contributed by atoms with van der Waals surface area (Å²) in [5.41, 5.74) is 3.61. The minimum Gasteiger partial charge on any atom is -0.435 e. The summed E-state index contributed by atoms with van der Waals surface area (Å²) in [5.74, 6) is 0.168. The third-order valence-electron chi connectivity index (χ3n) is 7.75. The van der Waals surface area contributed by atoms with Gasteiger partial charge in [-0.2, -0.15) is 0 Å². The van der Waals surface area contributed by atoms with Gasteiger partial charge in [0.15, 0.2) is 22.9 Å². The molecule has 0 aliphatic carbocycles. The average molecular weight is 552 g/mol. The molecule has 41 heavy (non-hydrogen) atoms. The first kappa shape index (κ1) is 25.2. The number of ether oxygens (including phenoxy) is 2. The molecule has 5 aromatic rings. The Morgan fingerprint density at radius 1 is 1.00 bits per heavy atom. The molecule has 1 amide bonds. The van der Waals surface area contributed by atoms with Crippen molar-refractivity contribution in [1.29, 1.82) is 0 Å². The number of fused-ring (bicyclic) bond motifs is 3. The highest BCUT2D eigenvalue weighted by Gasteiger charge is 2.43. The maximum atomic E-state index is 15.1. The van der Waals surface area contributed by atoms with Gasteiger partial charge in [-0.25, -0.2) is 24.3 Å². The fourth-order valence-corrected chi connectivity index (χ4v) is 5.60. The Morgan fingerprint density at radius 3 is 2.61 bits per heavy atom. The standard InChI is InChI=1S/C30H26FN7O3/c1-30(2,29-36-25-26(37-29)33-11-10-32-25)23-18-4-3-5-20(31)24(18)41-27-19(23)7-9-21(35-27)17-6-8-22(34-16-17)28(39)38-12-14-40-15-13-38/h3-11,16,23H,12-15H2,1-2H3,(H,32,33,36,37). The molecule has 4 aromatic heterocycles. The molecular weight excluding hydrogens is 525 g/mol. The van der Waals surface area contributed by atoms with E-state index in [0.29, 0.717) is 71.8 Å². The molecule has 1 atom stereocenters. The van der Waals surface area contributed by atoms with Gasteiger partial charge in [-0.3, -0.25) is 9.78 Å². The van der Waals surface area contributed by atoms with E-state index >= 15 is 4.39 Å². The normalized spacial score (nSPS) is 16.7. The van der Waals surface area contributed by atoms with Crippen molar-refractivity contribution in [3.05, 3.63) is 89.5 Å². The number of pyridine rings is 2. The highest BCUT2D eigenvalue weighted by atomic mass is 19.1. The molecule has 7 rings (SSSR count). The number of hydrogen-bond donors (Lipinski definition) is 1. The summed E-state index contributed by atoms with van der Waals surface area (Å²) in [6, 6.07) is 12.3. The lowest BCUT2D eigenvalue weighted by molar-refractivity contribution is 0.0299. The number of imidazole rings is 1. The second-order valence-corrected chi connectivity index (χ2v) is 10.7. The lowest BCUT2D eigenvalue weighted by atomic mass is 9.69. The van der Waals surface area contributed by atoms with E-state index in [4.69, 9.17) is 19.4 Å². The van der Waals surface area contributed by atoms with Gasteiger partial charge in [-0.05, 0) is 24.3 Å². The molecule has 0 bridgehead atoms. The molecule has 1 aromatic carbocycles. The topological polar surface area (TPSA) is 119 Å². The first-order chi connectivity index (χ1) is 19.9. The van der Waals surface area contributed by atoms with Gasteiger partial charge in [0.05, 0.1) is 18.9 Å². The smallest absolute Gasteiger partial charge is 0.272 e. The zero-order valence-electron chi connectivity index (χ0n) is 22.5. The van der Waals surface area contributed by atoms with Crippen LogP contribution < -0.4 is 4.74 Å². The molecule has 2 aliphatic heterocycles. The predicted molar refractivity (Wildman–Crippen MR) is 147 cm³/mol. The number of hydrogen-bond acceptors (Lipinski definition) is 8. The number of nitrogens with one attached hydrogen (secondary N) is 1. The SMILES string of the molecule is CC(C)(c1nc2nccnc2[nH]1)C1c2ccc(-c3ccc(C(=O)N4CCOCC4)nc3)nc2Oc2c(F)cccc21. The molecule has 1 N–H and O–H groups in total. The van der Waals surface area contributed by atoms with E-state index in [0.717, 1.165) is 5.56 Å². The summed E-state index contributed by atoms with van der Waals surface area (Å²) < 4.78 is 26.6. The molecule has 6 heterocycles. The lowest BCUT2D eigenvalue weighted by Crippen LogP contribution is -2.41. The lowest BCUT2D eigenvalue weighted by Gasteiger charge is -2.37. The molecule has 0 saturated carbocycles. The van der Waals surface area contributed by atoms with E-state index in [-0.39, 0.29) is 17.6 Å². The van der Waals surface area contributed by atoms with Crippen LogP contribution in [-0.2, 0) is 10.2 Å². The first-order valence-corrected chi connectivity index (χ1v) is 13.4. The van der Waals surface area contributed by atoms with E-state index < -0.39 is 11.2 Å². The van der Waals surface area contributed by atoms with Crippen molar-refractivity contribution in [3.8, 4) is 22.9 Å². The van der Waals surface area contributed by atoms with Crippen molar-refractivity contribution < 1.29 is 18.7 Å². The fourth-order valence-electron chi connectivity index (χ4n) is 5.60. The molecule has 206 valence electrons. The third-order valence-corrected chi connectivity index (χ3v) is 7.75. The van der Waals surface area contributed by atoms with E-state index in [1.54, 1.807) is 35.6 Å². The van der Waals surface area contributed by atoms with Gasteiger partial charge < -0.3 is 19.4 Å². The predicted octanol–water partition coefficient (Wildman–Crippen LogP) is 4.64. The maximum Gasteiger partial charge on any atom is 0.272 e. The summed E-state index contributed by atoms with van der Waals surface area (Å²) in [5, 5.41) is 0. The monoisotopic (exact) mass is 551 g/mol. The summed E-state index contributed by atoms with van der Waals surface area (Å²) in [4.78, 5) is 40.4. The Labute approximate surface area is 234 Å². The van der Waals surface area contributed by atoms with Crippen molar-refractivity contribution in [1.82, 2.24) is 34.8 Å². The second kappa shape index (κ2) is 9.70. The first-order valence-electron chi connectivity index (χ1n) is 13.4. The average Bonchev–Trinajstić information content (AvgIpc) is 3.46. The van der Waals surface area contributed by atoms with E-state index in [9.17, 15) is 4.79 Å². The van der Waals surface area contributed by atoms with Crippen LogP contribution in [0.2, 0.25) is 0 Å². The van der Waals surface area contributed by atoms with Crippen LogP contribution in [0.5, 0.6) is 11.6 Å². The van der Waals surface area contributed by atoms with Crippen molar-refractivity contribution in [2.75, 3.05) is 26.3 Å². The number of carbonyl (C=O) groups is 1. The number of aromatic amines is 1. The van der Waals surface area contributed by atoms with Crippen LogP contribution in [0.3, 0.4) is 0 Å². The molecule has 1 saturated heterocycles. The van der Waals surface area contributed by atoms with Gasteiger partial charge in [-0.15, -0.1) is 0 Å². The quantitative estimate of drug-likeness (QED) is 0.343. The van der Waals surface area contributed by atoms with Crippen LogP contribution >= 0.6 is 0 Å². The van der Waals surface area contributed by atoms with Crippen LogP contribution in [0.15, 0.2) is 61.1 Å². The summed E-state index contributed by atoms with van der Waals surface area (Å²) in [6.45, 7) is 6.22. The van der Waals surface area contributed by atoms with Crippen LogP contribution in [0.4, 0.5) is 4.39 Å². The maximum absolute atomic E-state index is 15.1. The highest BCUT2D eigenvalue weighted by molar-refractivity contribution is 5.92. The second-order valence-electron chi connectivity index (χ2n) is 10.7. The molecule has 0 radical (unpaired) electrons. The van der Waals surface area contributed by atoms with Crippen molar-refractivity contribution in [2.24, 2.45) is 0 Å². The number of H-pyrrole nitrogens is 1. The Bertz CT molecular complexity index is 1750. The Morgan fingerprint density at radius 2 is 1.83 bits per heavy atom. The number of rotatable bonds is 4. The van der Waals surface area contributed by atoms with Crippen molar-refractivity contribution in [2.45, 2.75) is 25.2 Å². The summed E-state index contributed by atoms with van der Waals surface area (Å²) in [6.07, 6.45) is 4.83. The Balaban J connectivity index is 1.27.